The van der Waals surface area contributed by atoms with Crippen LogP contribution in [-0.4, -0.2) is 17.0 Å². The summed E-state index contributed by atoms with van der Waals surface area (Å²) < 4.78 is 0. The average molecular weight is 268 g/mol. The molecule has 0 saturated carbocycles. The van der Waals surface area contributed by atoms with Crippen LogP contribution in [-0.2, 0) is 12.4 Å². The topological polar surface area (TPSA) is 29.0 Å². The van der Waals surface area contributed by atoms with Gasteiger partial charge in [0, 0.05) is 35.6 Å². The lowest BCUT2D eigenvalue weighted by Crippen LogP contribution is -2.18. The molecular weight excluding hydrogens is 254 g/mol. The Kier molecular flexibility index (Phi) is 3.97. The van der Waals surface area contributed by atoms with Gasteiger partial charge in [-0.25, -0.2) is 4.98 Å². The number of aromatic nitrogens is 2. The first-order valence-corrected chi connectivity index (χ1v) is 6.78. The molecule has 0 atom stereocenters. The van der Waals surface area contributed by atoms with Crippen molar-refractivity contribution in [3.63, 3.8) is 0 Å². The fourth-order valence-corrected chi connectivity index (χ4v) is 2.43. The van der Waals surface area contributed by atoms with Crippen molar-refractivity contribution in [1.82, 2.24) is 9.97 Å². The SMILES string of the molecule is Cc1cc(N(C)Cc2cscn2)c(CCl)cn1. The molecule has 17 heavy (non-hydrogen) atoms. The summed E-state index contributed by atoms with van der Waals surface area (Å²) in [6, 6.07) is 2.06. The van der Waals surface area contributed by atoms with Crippen molar-refractivity contribution in [2.24, 2.45) is 0 Å². The highest BCUT2D eigenvalue weighted by atomic mass is 35.5. The Balaban J connectivity index is 2.23. The molecule has 0 amide bonds. The molecule has 0 aliphatic heterocycles. The lowest BCUT2D eigenvalue weighted by molar-refractivity contribution is 0.884. The molecule has 2 rings (SSSR count). The van der Waals surface area contributed by atoms with E-state index >= 15 is 0 Å². The summed E-state index contributed by atoms with van der Waals surface area (Å²) in [6.45, 7) is 2.77. The number of nitrogens with zero attached hydrogens (tertiary/aromatic N) is 3. The van der Waals surface area contributed by atoms with Crippen molar-refractivity contribution in [3.05, 3.63) is 40.1 Å². The Morgan fingerprint density at radius 3 is 2.88 bits per heavy atom. The number of hydrogen-bond donors (Lipinski definition) is 0. The summed E-state index contributed by atoms with van der Waals surface area (Å²) in [4.78, 5) is 10.7. The number of halogens is 1. The third kappa shape index (κ3) is 2.96. The molecule has 0 aliphatic carbocycles. The first-order valence-electron chi connectivity index (χ1n) is 5.30. The van der Waals surface area contributed by atoms with Gasteiger partial charge in [0.15, 0.2) is 0 Å². The van der Waals surface area contributed by atoms with E-state index in [-0.39, 0.29) is 0 Å². The van der Waals surface area contributed by atoms with Crippen LogP contribution in [0.4, 0.5) is 5.69 Å². The third-order valence-corrected chi connectivity index (χ3v) is 3.46. The molecule has 0 aromatic carbocycles. The third-order valence-electron chi connectivity index (χ3n) is 2.54. The number of anilines is 1. The number of pyridine rings is 1. The maximum Gasteiger partial charge on any atom is 0.0795 e. The fourth-order valence-electron chi connectivity index (χ4n) is 1.68. The molecule has 0 unspecified atom stereocenters. The predicted molar refractivity (Wildman–Crippen MR) is 72.8 cm³/mol. The van der Waals surface area contributed by atoms with Gasteiger partial charge in [-0.15, -0.1) is 22.9 Å². The zero-order valence-corrected chi connectivity index (χ0v) is 11.4. The van der Waals surface area contributed by atoms with E-state index in [2.05, 4.69) is 26.3 Å². The van der Waals surface area contributed by atoms with E-state index in [4.69, 9.17) is 11.6 Å². The fraction of sp³-hybridized carbons (Fsp3) is 0.333. The van der Waals surface area contributed by atoms with Crippen LogP contribution in [0.25, 0.3) is 0 Å². The summed E-state index contributed by atoms with van der Waals surface area (Å²) >= 11 is 7.54. The number of hydrogen-bond acceptors (Lipinski definition) is 4. The second-order valence-electron chi connectivity index (χ2n) is 3.92. The van der Waals surface area contributed by atoms with Gasteiger partial charge in [-0.1, -0.05) is 0 Å². The number of rotatable bonds is 4. The first kappa shape index (κ1) is 12.3. The minimum atomic E-state index is 0.476. The molecule has 90 valence electrons. The van der Waals surface area contributed by atoms with Gasteiger partial charge in [0.2, 0.25) is 0 Å². The van der Waals surface area contributed by atoms with Gasteiger partial charge in [0.1, 0.15) is 0 Å². The second kappa shape index (κ2) is 5.47. The van der Waals surface area contributed by atoms with Gasteiger partial charge in [0.25, 0.3) is 0 Å². The van der Waals surface area contributed by atoms with Crippen molar-refractivity contribution in [2.45, 2.75) is 19.3 Å². The van der Waals surface area contributed by atoms with Crippen molar-refractivity contribution >= 4 is 28.6 Å². The molecule has 0 spiro atoms. The van der Waals surface area contributed by atoms with Crippen LogP contribution in [0.3, 0.4) is 0 Å². The van der Waals surface area contributed by atoms with Gasteiger partial charge < -0.3 is 4.90 Å². The maximum absolute atomic E-state index is 5.93. The summed E-state index contributed by atoms with van der Waals surface area (Å²) in [5, 5.41) is 2.06. The van der Waals surface area contributed by atoms with Crippen LogP contribution in [0, 0.1) is 6.92 Å². The Labute approximate surface area is 110 Å². The molecule has 2 heterocycles. The molecule has 0 N–H and O–H groups in total. The lowest BCUT2D eigenvalue weighted by Gasteiger charge is -2.21. The molecule has 0 aliphatic rings. The van der Waals surface area contributed by atoms with E-state index in [0.717, 1.165) is 29.2 Å². The zero-order valence-electron chi connectivity index (χ0n) is 9.85. The average Bonchev–Trinajstić information content (AvgIpc) is 2.81. The maximum atomic E-state index is 5.93. The monoisotopic (exact) mass is 267 g/mol. The van der Waals surface area contributed by atoms with E-state index in [0.29, 0.717) is 5.88 Å². The summed E-state index contributed by atoms with van der Waals surface area (Å²) in [6.07, 6.45) is 1.84. The molecule has 2 aromatic rings. The molecule has 0 fully saturated rings. The Morgan fingerprint density at radius 1 is 1.41 bits per heavy atom. The highest BCUT2D eigenvalue weighted by Gasteiger charge is 2.09. The number of thiazole rings is 1. The van der Waals surface area contributed by atoms with Crippen LogP contribution >= 0.6 is 22.9 Å². The van der Waals surface area contributed by atoms with Crippen LogP contribution in [0.15, 0.2) is 23.2 Å². The van der Waals surface area contributed by atoms with Crippen molar-refractivity contribution in [1.29, 1.82) is 0 Å². The van der Waals surface area contributed by atoms with Crippen LogP contribution < -0.4 is 4.90 Å². The van der Waals surface area contributed by atoms with Crippen LogP contribution in [0.1, 0.15) is 17.0 Å². The molecule has 0 radical (unpaired) electrons. The number of alkyl halides is 1. The Bertz CT molecular complexity index is 485. The number of aryl methyl sites for hydroxylation is 1. The highest BCUT2D eigenvalue weighted by Crippen LogP contribution is 2.23. The minimum absolute atomic E-state index is 0.476. The quantitative estimate of drug-likeness (QED) is 0.797. The van der Waals surface area contributed by atoms with Crippen molar-refractivity contribution < 1.29 is 0 Å². The smallest absolute Gasteiger partial charge is 0.0795 e. The van der Waals surface area contributed by atoms with E-state index < -0.39 is 0 Å². The second-order valence-corrected chi connectivity index (χ2v) is 4.91. The van der Waals surface area contributed by atoms with Crippen molar-refractivity contribution in [2.75, 3.05) is 11.9 Å². The summed E-state index contributed by atoms with van der Waals surface area (Å²) in [5.74, 6) is 0.476. The van der Waals surface area contributed by atoms with E-state index in [1.165, 1.54) is 0 Å². The molecule has 5 heteroatoms. The molecule has 0 saturated heterocycles. The van der Waals surface area contributed by atoms with Gasteiger partial charge in [-0.2, -0.15) is 0 Å². The Morgan fingerprint density at radius 2 is 2.24 bits per heavy atom. The molecule has 3 nitrogen and oxygen atoms in total. The minimum Gasteiger partial charge on any atom is -0.368 e. The van der Waals surface area contributed by atoms with E-state index in [1.807, 2.05) is 25.7 Å². The molecule has 0 bridgehead atoms. The van der Waals surface area contributed by atoms with Crippen LogP contribution in [0.2, 0.25) is 0 Å². The molecular formula is C12H14ClN3S. The van der Waals surface area contributed by atoms with E-state index in [1.54, 1.807) is 11.3 Å². The van der Waals surface area contributed by atoms with E-state index in [9.17, 15) is 0 Å². The zero-order chi connectivity index (χ0) is 12.3. The Hall–Kier alpha value is -1.13. The largest absolute Gasteiger partial charge is 0.368 e. The van der Waals surface area contributed by atoms with Gasteiger partial charge >= 0.3 is 0 Å². The van der Waals surface area contributed by atoms with Gasteiger partial charge in [0.05, 0.1) is 23.6 Å². The first-order chi connectivity index (χ1) is 8.20. The highest BCUT2D eigenvalue weighted by molar-refractivity contribution is 7.07. The summed E-state index contributed by atoms with van der Waals surface area (Å²) in [7, 11) is 2.05. The van der Waals surface area contributed by atoms with Crippen LogP contribution in [0.5, 0.6) is 0 Å². The standard InChI is InChI=1S/C12H14ClN3S/c1-9-3-12(10(4-13)5-14-9)16(2)6-11-7-17-8-15-11/h3,5,7-8H,4,6H2,1-2H3. The van der Waals surface area contributed by atoms with Gasteiger partial charge in [-0.05, 0) is 13.0 Å². The normalized spacial score (nSPS) is 10.5. The molecule has 2 aromatic heterocycles. The van der Waals surface area contributed by atoms with Gasteiger partial charge in [-0.3, -0.25) is 4.98 Å². The lowest BCUT2D eigenvalue weighted by atomic mass is 10.2. The predicted octanol–water partition coefficient (Wildman–Crippen LogP) is 3.22. The van der Waals surface area contributed by atoms with Crippen molar-refractivity contribution in [3.8, 4) is 0 Å². The summed E-state index contributed by atoms with van der Waals surface area (Å²) in [5.41, 5.74) is 6.10.